The molecule has 1 amide bonds. The molecule has 3 N–H and O–H groups in total. The van der Waals surface area contributed by atoms with Crippen molar-refractivity contribution in [2.24, 2.45) is 52.3 Å². The van der Waals surface area contributed by atoms with Gasteiger partial charge in [0.2, 0.25) is 5.91 Å². The highest BCUT2D eigenvalue weighted by atomic mass is 16.3. The van der Waals surface area contributed by atoms with E-state index in [1.165, 1.54) is 32.6 Å². The maximum atomic E-state index is 12.2. The van der Waals surface area contributed by atoms with Gasteiger partial charge in [0.05, 0.1) is 18.8 Å². The molecule has 0 aliphatic heterocycles. The molecule has 5 unspecified atom stereocenters. The van der Waals surface area contributed by atoms with Crippen molar-refractivity contribution in [1.29, 1.82) is 0 Å². The minimum atomic E-state index is -0.255. The van der Waals surface area contributed by atoms with E-state index >= 15 is 0 Å². The summed E-state index contributed by atoms with van der Waals surface area (Å²) in [5, 5.41) is 25.0. The number of aliphatic hydroxyl groups excluding tert-OH is 2. The Balaban J connectivity index is 1.49. The van der Waals surface area contributed by atoms with Crippen LogP contribution in [0.3, 0.4) is 0 Å². The Hall–Kier alpha value is -0.940. The first-order valence-electron chi connectivity index (χ1n) is 14.1. The Morgan fingerprint density at radius 2 is 1.68 bits per heavy atom. The van der Waals surface area contributed by atoms with E-state index in [-0.39, 0.29) is 41.3 Å². The van der Waals surface area contributed by atoms with E-state index in [4.69, 9.17) is 0 Å². The van der Waals surface area contributed by atoms with Gasteiger partial charge in [-0.05, 0) is 111 Å². The SMILES string of the molecule is CC[C@H]1C(O)C2C(CC[C@@]3(C)C2CC[C@@H]3[C@H](C)CCC(=O)NCC(C)=O)[C@@]2(C)CC[C@@H](O)CC12. The molecule has 11 atom stereocenters. The van der Waals surface area contributed by atoms with Gasteiger partial charge in [-0.3, -0.25) is 9.59 Å². The van der Waals surface area contributed by atoms with Crippen LogP contribution in [0.4, 0.5) is 0 Å². The minimum Gasteiger partial charge on any atom is -0.393 e. The van der Waals surface area contributed by atoms with Crippen molar-refractivity contribution < 1.29 is 19.8 Å². The molecule has 34 heavy (non-hydrogen) atoms. The van der Waals surface area contributed by atoms with Gasteiger partial charge in [0.15, 0.2) is 0 Å². The molecule has 4 aliphatic carbocycles. The molecule has 0 heterocycles. The number of carbonyl (C=O) groups excluding carboxylic acids is 2. The van der Waals surface area contributed by atoms with Gasteiger partial charge in [-0.2, -0.15) is 0 Å². The third-order valence-corrected chi connectivity index (χ3v) is 11.5. The van der Waals surface area contributed by atoms with Gasteiger partial charge in [-0.25, -0.2) is 0 Å². The van der Waals surface area contributed by atoms with Crippen molar-refractivity contribution in [2.75, 3.05) is 6.54 Å². The molecule has 0 saturated heterocycles. The number of Topliss-reactive ketones (excluding diaryl/α,β-unsaturated/α-hetero) is 1. The number of hydrogen-bond donors (Lipinski definition) is 3. The van der Waals surface area contributed by atoms with Gasteiger partial charge in [-0.1, -0.05) is 34.1 Å². The summed E-state index contributed by atoms with van der Waals surface area (Å²) < 4.78 is 0. The fourth-order valence-electron chi connectivity index (χ4n) is 9.80. The van der Waals surface area contributed by atoms with Crippen LogP contribution in [0.5, 0.6) is 0 Å². The van der Waals surface area contributed by atoms with E-state index in [0.717, 1.165) is 32.1 Å². The van der Waals surface area contributed by atoms with Crippen LogP contribution in [0.1, 0.15) is 98.8 Å². The molecular weight excluding hydrogens is 426 g/mol. The third kappa shape index (κ3) is 4.38. The first-order valence-corrected chi connectivity index (χ1v) is 14.1. The summed E-state index contributed by atoms with van der Waals surface area (Å²) >= 11 is 0. The first kappa shape index (κ1) is 26.1. The topological polar surface area (TPSA) is 86.6 Å². The molecule has 0 aromatic carbocycles. The fraction of sp³-hybridized carbons (Fsp3) is 0.931. The Morgan fingerprint density at radius 1 is 1.00 bits per heavy atom. The lowest BCUT2D eigenvalue weighted by Crippen LogP contribution is -2.62. The largest absolute Gasteiger partial charge is 0.393 e. The zero-order chi connectivity index (χ0) is 24.8. The molecule has 5 heteroatoms. The molecule has 0 aromatic heterocycles. The Bertz CT molecular complexity index is 769. The smallest absolute Gasteiger partial charge is 0.220 e. The van der Waals surface area contributed by atoms with Crippen LogP contribution in [-0.2, 0) is 9.59 Å². The van der Waals surface area contributed by atoms with Crippen LogP contribution in [0.25, 0.3) is 0 Å². The van der Waals surface area contributed by atoms with E-state index in [0.29, 0.717) is 47.8 Å². The molecule has 4 fully saturated rings. The van der Waals surface area contributed by atoms with Crippen molar-refractivity contribution in [3.05, 3.63) is 0 Å². The highest BCUT2D eigenvalue weighted by molar-refractivity contribution is 5.84. The summed E-state index contributed by atoms with van der Waals surface area (Å²) in [5.74, 6) is 3.25. The van der Waals surface area contributed by atoms with Crippen LogP contribution < -0.4 is 5.32 Å². The van der Waals surface area contributed by atoms with Crippen LogP contribution >= 0.6 is 0 Å². The molecule has 4 saturated carbocycles. The monoisotopic (exact) mass is 475 g/mol. The number of amides is 1. The Morgan fingerprint density at radius 3 is 2.35 bits per heavy atom. The average molecular weight is 476 g/mol. The van der Waals surface area contributed by atoms with Crippen LogP contribution in [0, 0.1) is 52.3 Å². The molecule has 0 aromatic rings. The van der Waals surface area contributed by atoms with Gasteiger partial charge in [-0.15, -0.1) is 0 Å². The quantitative estimate of drug-likeness (QED) is 0.497. The molecule has 0 bridgehead atoms. The summed E-state index contributed by atoms with van der Waals surface area (Å²) in [6.07, 6.45) is 9.57. The van der Waals surface area contributed by atoms with Gasteiger partial charge in [0, 0.05) is 6.42 Å². The van der Waals surface area contributed by atoms with Crippen molar-refractivity contribution in [2.45, 2.75) is 111 Å². The van der Waals surface area contributed by atoms with Gasteiger partial charge in [0.1, 0.15) is 5.78 Å². The summed E-state index contributed by atoms with van der Waals surface area (Å²) in [6.45, 7) is 11.2. The number of fused-ring (bicyclic) bond motifs is 5. The number of aliphatic hydroxyl groups is 2. The van der Waals surface area contributed by atoms with E-state index in [1.54, 1.807) is 0 Å². The zero-order valence-corrected chi connectivity index (χ0v) is 22.2. The Labute approximate surface area is 206 Å². The van der Waals surface area contributed by atoms with Gasteiger partial charge in [0.25, 0.3) is 0 Å². The molecule has 4 aliphatic rings. The number of ketones is 1. The second-order valence-electron chi connectivity index (χ2n) is 13.1. The molecule has 4 rings (SSSR count). The number of rotatable bonds is 7. The predicted molar refractivity (Wildman–Crippen MR) is 134 cm³/mol. The van der Waals surface area contributed by atoms with E-state index in [1.807, 2.05) is 0 Å². The van der Waals surface area contributed by atoms with Gasteiger partial charge >= 0.3 is 0 Å². The molecule has 5 nitrogen and oxygen atoms in total. The molecule has 0 spiro atoms. The number of nitrogens with one attached hydrogen (secondary N) is 1. The number of hydrogen-bond acceptors (Lipinski definition) is 4. The lowest BCUT2D eigenvalue weighted by molar-refractivity contribution is -0.203. The third-order valence-electron chi connectivity index (χ3n) is 11.5. The first-order chi connectivity index (χ1) is 16.0. The zero-order valence-electron chi connectivity index (χ0n) is 22.2. The number of carbonyl (C=O) groups is 2. The van der Waals surface area contributed by atoms with Crippen LogP contribution in [0.2, 0.25) is 0 Å². The lowest BCUT2D eigenvalue weighted by Gasteiger charge is -2.64. The van der Waals surface area contributed by atoms with Crippen LogP contribution in [-0.4, -0.2) is 40.7 Å². The average Bonchev–Trinajstić information content (AvgIpc) is 3.14. The van der Waals surface area contributed by atoms with Crippen LogP contribution in [0.15, 0.2) is 0 Å². The van der Waals surface area contributed by atoms with Crippen molar-refractivity contribution in [3.8, 4) is 0 Å². The predicted octanol–water partition coefficient (Wildman–Crippen LogP) is 4.73. The minimum absolute atomic E-state index is 0.0101. The summed E-state index contributed by atoms with van der Waals surface area (Å²) in [5.41, 5.74) is 0.469. The Kier molecular flexibility index (Phi) is 7.56. The van der Waals surface area contributed by atoms with E-state index < -0.39 is 0 Å². The molecule has 0 radical (unpaired) electrons. The normalized spacial score (nSPS) is 46.7. The molecular formula is C29H49NO4. The standard InChI is InChI=1S/C29H49NO4/c1-6-20-24-15-19(32)11-13-29(24,5)23-12-14-28(4)21(8-9-22(28)26(23)27(20)34)17(2)7-10-25(33)30-16-18(3)31/h17,19-24,26-27,32,34H,6-16H2,1-5H3,(H,30,33)/t17-,19-,20-,21-,22?,23?,24?,26?,27?,28-,29-/m1/s1. The highest BCUT2D eigenvalue weighted by Crippen LogP contribution is 2.69. The summed E-state index contributed by atoms with van der Waals surface area (Å²) in [4.78, 5) is 23.4. The van der Waals surface area contributed by atoms with Gasteiger partial charge < -0.3 is 15.5 Å². The summed E-state index contributed by atoms with van der Waals surface area (Å²) in [6, 6.07) is 0. The summed E-state index contributed by atoms with van der Waals surface area (Å²) in [7, 11) is 0. The second-order valence-corrected chi connectivity index (χ2v) is 13.1. The van der Waals surface area contributed by atoms with E-state index in [9.17, 15) is 19.8 Å². The fourth-order valence-corrected chi connectivity index (χ4v) is 9.80. The van der Waals surface area contributed by atoms with Crippen molar-refractivity contribution >= 4 is 11.7 Å². The van der Waals surface area contributed by atoms with E-state index in [2.05, 4.69) is 33.0 Å². The van der Waals surface area contributed by atoms with Crippen molar-refractivity contribution in [3.63, 3.8) is 0 Å². The maximum Gasteiger partial charge on any atom is 0.220 e. The molecule has 194 valence electrons. The highest BCUT2D eigenvalue weighted by Gasteiger charge is 2.64. The second kappa shape index (κ2) is 9.84. The lowest BCUT2D eigenvalue weighted by atomic mass is 9.41. The maximum absolute atomic E-state index is 12.2. The van der Waals surface area contributed by atoms with Crippen molar-refractivity contribution in [1.82, 2.24) is 5.32 Å².